The number of carboxylic acid groups (broad SMARTS) is 1. The van der Waals surface area contributed by atoms with E-state index in [0.717, 1.165) is 5.56 Å². The first-order valence-electron chi connectivity index (χ1n) is 4.44. The van der Waals surface area contributed by atoms with E-state index < -0.39 is 5.97 Å². The zero-order valence-corrected chi connectivity index (χ0v) is 8.14. The first kappa shape index (κ1) is 10.7. The van der Waals surface area contributed by atoms with Crippen molar-refractivity contribution in [1.29, 1.82) is 0 Å². The normalized spacial score (nSPS) is 10.4. The molecular formula is C9H14N2O3. The van der Waals surface area contributed by atoms with Gasteiger partial charge in [0.2, 0.25) is 0 Å². The quantitative estimate of drug-likeness (QED) is 0.724. The Kier molecular flexibility index (Phi) is 4.12. The van der Waals surface area contributed by atoms with Crippen molar-refractivity contribution in [3.8, 4) is 0 Å². The summed E-state index contributed by atoms with van der Waals surface area (Å²) in [5.41, 5.74) is 0.948. The highest BCUT2D eigenvalue weighted by molar-refractivity contribution is 5.67. The van der Waals surface area contributed by atoms with Crippen LogP contribution in [0.4, 0.5) is 0 Å². The van der Waals surface area contributed by atoms with Crippen molar-refractivity contribution in [3.63, 3.8) is 0 Å². The van der Waals surface area contributed by atoms with E-state index in [1.54, 1.807) is 18.0 Å². The van der Waals surface area contributed by atoms with Gasteiger partial charge in [-0.05, 0) is 12.0 Å². The fraction of sp³-hybridized carbons (Fsp3) is 0.556. The third-order valence-electron chi connectivity index (χ3n) is 1.84. The number of nitrogens with zero attached hydrogens (tertiary/aromatic N) is 2. The molecule has 5 nitrogen and oxygen atoms in total. The van der Waals surface area contributed by atoms with Crippen LogP contribution in [0.15, 0.2) is 12.4 Å². The Morgan fingerprint density at radius 2 is 2.50 bits per heavy atom. The van der Waals surface area contributed by atoms with Crippen LogP contribution in [-0.4, -0.2) is 34.6 Å². The number of aliphatic carboxylic acids is 1. The highest BCUT2D eigenvalue weighted by Crippen LogP contribution is 2.01. The molecule has 0 saturated carbocycles. The van der Waals surface area contributed by atoms with Gasteiger partial charge >= 0.3 is 5.97 Å². The predicted octanol–water partition coefficient (Wildman–Crippen LogP) is 0.547. The lowest BCUT2D eigenvalue weighted by atomic mass is 10.2. The van der Waals surface area contributed by atoms with Gasteiger partial charge in [-0.1, -0.05) is 0 Å². The molecule has 0 spiro atoms. The Morgan fingerprint density at radius 1 is 1.71 bits per heavy atom. The van der Waals surface area contributed by atoms with Crippen LogP contribution < -0.4 is 0 Å². The summed E-state index contributed by atoms with van der Waals surface area (Å²) < 4.78 is 6.65. The summed E-state index contributed by atoms with van der Waals surface area (Å²) in [5.74, 6) is -0.783. The molecule has 0 aliphatic heterocycles. The molecule has 0 radical (unpaired) electrons. The van der Waals surface area contributed by atoms with E-state index in [1.807, 2.05) is 6.20 Å². The lowest BCUT2D eigenvalue weighted by Crippen LogP contribution is -2.04. The number of ether oxygens (including phenoxy) is 1. The molecule has 0 atom stereocenters. The van der Waals surface area contributed by atoms with Crippen molar-refractivity contribution in [3.05, 3.63) is 18.0 Å². The lowest BCUT2D eigenvalue weighted by molar-refractivity contribution is -0.136. The second-order valence-electron chi connectivity index (χ2n) is 3.00. The molecule has 0 unspecified atom stereocenters. The zero-order chi connectivity index (χ0) is 10.4. The fourth-order valence-corrected chi connectivity index (χ4v) is 1.09. The Balaban J connectivity index is 2.38. The molecule has 0 bridgehead atoms. The van der Waals surface area contributed by atoms with Crippen LogP contribution in [0.2, 0.25) is 0 Å². The van der Waals surface area contributed by atoms with Gasteiger partial charge < -0.3 is 9.84 Å². The van der Waals surface area contributed by atoms with Crippen LogP contribution in [-0.2, 0) is 22.5 Å². The molecule has 1 rings (SSSR count). The molecule has 0 amide bonds. The fourth-order valence-electron chi connectivity index (χ4n) is 1.09. The Labute approximate surface area is 82.3 Å². The molecular weight excluding hydrogens is 184 g/mol. The van der Waals surface area contributed by atoms with Gasteiger partial charge in [0.05, 0.1) is 19.3 Å². The third kappa shape index (κ3) is 3.57. The van der Waals surface area contributed by atoms with E-state index >= 15 is 0 Å². The molecule has 5 heteroatoms. The molecule has 1 heterocycles. The van der Waals surface area contributed by atoms with Crippen molar-refractivity contribution < 1.29 is 14.6 Å². The van der Waals surface area contributed by atoms with E-state index in [-0.39, 0.29) is 6.42 Å². The topological polar surface area (TPSA) is 64.3 Å². The maximum Gasteiger partial charge on any atom is 0.303 e. The van der Waals surface area contributed by atoms with Gasteiger partial charge in [-0.15, -0.1) is 0 Å². The van der Waals surface area contributed by atoms with Crippen molar-refractivity contribution in [1.82, 2.24) is 9.78 Å². The van der Waals surface area contributed by atoms with Gasteiger partial charge in [-0.25, -0.2) is 0 Å². The summed E-state index contributed by atoms with van der Waals surface area (Å²) in [6.45, 7) is 1.31. The van der Waals surface area contributed by atoms with Crippen LogP contribution in [0.3, 0.4) is 0 Å². The smallest absolute Gasteiger partial charge is 0.303 e. The summed E-state index contributed by atoms with van der Waals surface area (Å²) in [7, 11) is 1.63. The summed E-state index contributed by atoms with van der Waals surface area (Å²) >= 11 is 0. The molecule has 0 fully saturated rings. The van der Waals surface area contributed by atoms with Gasteiger partial charge in [0, 0.05) is 19.7 Å². The molecule has 0 aliphatic carbocycles. The Hall–Kier alpha value is -1.36. The first-order valence-corrected chi connectivity index (χ1v) is 4.44. The lowest BCUT2D eigenvalue weighted by Gasteiger charge is -1.98. The number of hydrogen-bond donors (Lipinski definition) is 1. The largest absolute Gasteiger partial charge is 0.481 e. The number of methoxy groups -OCH3 is 1. The number of hydrogen-bond acceptors (Lipinski definition) is 3. The molecule has 0 aromatic carbocycles. The van der Waals surface area contributed by atoms with Crippen LogP contribution in [0, 0.1) is 0 Å². The number of aryl methyl sites for hydroxylation is 1. The standard InChI is InChI=1S/C9H14N2O3/c1-14-5-4-11-7-8(6-10-11)2-3-9(12)13/h6-7H,2-5H2,1H3,(H,12,13). The van der Waals surface area contributed by atoms with Crippen molar-refractivity contribution >= 4 is 5.97 Å². The van der Waals surface area contributed by atoms with Gasteiger partial charge in [0.1, 0.15) is 0 Å². The van der Waals surface area contributed by atoms with Crippen molar-refractivity contribution in [2.75, 3.05) is 13.7 Å². The zero-order valence-electron chi connectivity index (χ0n) is 8.14. The van der Waals surface area contributed by atoms with Crippen LogP contribution in [0.1, 0.15) is 12.0 Å². The van der Waals surface area contributed by atoms with Crippen molar-refractivity contribution in [2.24, 2.45) is 0 Å². The minimum atomic E-state index is -0.783. The van der Waals surface area contributed by atoms with E-state index in [1.165, 1.54) is 0 Å². The average molecular weight is 198 g/mol. The first-order chi connectivity index (χ1) is 6.72. The van der Waals surface area contributed by atoms with Gasteiger partial charge in [-0.2, -0.15) is 5.10 Å². The number of carbonyl (C=O) groups is 1. The highest BCUT2D eigenvalue weighted by Gasteiger charge is 2.01. The number of aromatic nitrogens is 2. The molecule has 1 aromatic rings. The molecule has 0 saturated heterocycles. The van der Waals surface area contributed by atoms with E-state index in [4.69, 9.17) is 9.84 Å². The highest BCUT2D eigenvalue weighted by atomic mass is 16.5. The van der Waals surface area contributed by atoms with E-state index in [0.29, 0.717) is 19.6 Å². The van der Waals surface area contributed by atoms with E-state index in [2.05, 4.69) is 5.10 Å². The monoisotopic (exact) mass is 198 g/mol. The number of rotatable bonds is 6. The van der Waals surface area contributed by atoms with Gasteiger partial charge in [0.15, 0.2) is 0 Å². The maximum absolute atomic E-state index is 10.3. The van der Waals surface area contributed by atoms with Crippen molar-refractivity contribution in [2.45, 2.75) is 19.4 Å². The molecule has 1 N–H and O–H groups in total. The second-order valence-corrected chi connectivity index (χ2v) is 3.00. The van der Waals surface area contributed by atoms with Gasteiger partial charge in [-0.3, -0.25) is 9.48 Å². The Bertz CT molecular complexity index is 296. The Morgan fingerprint density at radius 3 is 3.14 bits per heavy atom. The molecule has 0 aliphatic rings. The SMILES string of the molecule is COCCn1cc(CCC(=O)O)cn1. The predicted molar refractivity (Wildman–Crippen MR) is 50.1 cm³/mol. The molecule has 78 valence electrons. The van der Waals surface area contributed by atoms with Gasteiger partial charge in [0.25, 0.3) is 0 Å². The summed E-state index contributed by atoms with van der Waals surface area (Å²) in [6.07, 6.45) is 4.22. The summed E-state index contributed by atoms with van der Waals surface area (Å²) in [4.78, 5) is 10.3. The van der Waals surface area contributed by atoms with Crippen LogP contribution in [0.25, 0.3) is 0 Å². The third-order valence-corrected chi connectivity index (χ3v) is 1.84. The van der Waals surface area contributed by atoms with E-state index in [9.17, 15) is 4.79 Å². The minimum absolute atomic E-state index is 0.149. The maximum atomic E-state index is 10.3. The molecule has 14 heavy (non-hydrogen) atoms. The van der Waals surface area contributed by atoms with Crippen LogP contribution in [0.5, 0.6) is 0 Å². The average Bonchev–Trinajstić information content (AvgIpc) is 2.59. The minimum Gasteiger partial charge on any atom is -0.481 e. The molecule has 1 aromatic heterocycles. The van der Waals surface area contributed by atoms with Crippen LogP contribution >= 0.6 is 0 Å². The number of carboxylic acids is 1. The summed E-state index contributed by atoms with van der Waals surface area (Å²) in [5, 5.41) is 12.6. The second kappa shape index (κ2) is 5.39. The summed E-state index contributed by atoms with van der Waals surface area (Å²) in [6, 6.07) is 0.